The predicted octanol–water partition coefficient (Wildman–Crippen LogP) is 4.05. The van der Waals surface area contributed by atoms with E-state index in [1.165, 1.54) is 44.9 Å². The van der Waals surface area contributed by atoms with Gasteiger partial charge in [0.1, 0.15) is 0 Å². The SMILES string of the molecule is CCCCCCCCCCCCCOC(=O)C(CC(=O)OCC)S(=O)(=O)O. The summed E-state index contributed by atoms with van der Waals surface area (Å²) in [5.41, 5.74) is 0. The van der Waals surface area contributed by atoms with Crippen molar-refractivity contribution in [3.63, 3.8) is 0 Å². The van der Waals surface area contributed by atoms with Gasteiger partial charge in [0, 0.05) is 0 Å². The van der Waals surface area contributed by atoms with Crippen molar-refractivity contribution in [2.45, 2.75) is 96.1 Å². The zero-order valence-electron chi connectivity index (χ0n) is 16.8. The minimum Gasteiger partial charge on any atom is -0.466 e. The van der Waals surface area contributed by atoms with Gasteiger partial charge in [0.15, 0.2) is 5.25 Å². The van der Waals surface area contributed by atoms with Crippen molar-refractivity contribution in [3.05, 3.63) is 0 Å². The average molecular weight is 409 g/mol. The zero-order valence-corrected chi connectivity index (χ0v) is 17.6. The van der Waals surface area contributed by atoms with E-state index >= 15 is 0 Å². The summed E-state index contributed by atoms with van der Waals surface area (Å²) in [6.45, 7) is 3.90. The summed E-state index contributed by atoms with van der Waals surface area (Å²) in [5, 5.41) is -1.93. The molecule has 27 heavy (non-hydrogen) atoms. The van der Waals surface area contributed by atoms with Crippen LogP contribution in [-0.4, -0.2) is 43.4 Å². The van der Waals surface area contributed by atoms with E-state index in [4.69, 9.17) is 9.29 Å². The van der Waals surface area contributed by atoms with Crippen LogP contribution in [0, 0.1) is 0 Å². The fourth-order valence-electron chi connectivity index (χ4n) is 2.71. The molecule has 1 N–H and O–H groups in total. The van der Waals surface area contributed by atoms with E-state index in [1.54, 1.807) is 6.92 Å². The molecule has 0 fully saturated rings. The van der Waals surface area contributed by atoms with Crippen LogP contribution in [0.4, 0.5) is 0 Å². The largest absolute Gasteiger partial charge is 0.466 e. The average Bonchev–Trinajstić information content (AvgIpc) is 2.59. The van der Waals surface area contributed by atoms with Crippen molar-refractivity contribution < 1.29 is 32.0 Å². The first-order valence-corrected chi connectivity index (χ1v) is 11.6. The molecule has 1 atom stereocenters. The van der Waals surface area contributed by atoms with E-state index in [2.05, 4.69) is 11.7 Å². The Labute approximate surface area is 163 Å². The van der Waals surface area contributed by atoms with Gasteiger partial charge in [-0.2, -0.15) is 8.42 Å². The molecule has 0 aliphatic rings. The lowest BCUT2D eigenvalue weighted by molar-refractivity contribution is -0.149. The normalized spacial score (nSPS) is 12.6. The molecule has 0 radical (unpaired) electrons. The van der Waals surface area contributed by atoms with Gasteiger partial charge in [-0.25, -0.2) is 0 Å². The Hall–Kier alpha value is -1.15. The van der Waals surface area contributed by atoms with Gasteiger partial charge in [0.25, 0.3) is 10.1 Å². The van der Waals surface area contributed by atoms with Gasteiger partial charge in [0.2, 0.25) is 0 Å². The Bertz CT molecular complexity index is 502. The highest BCUT2D eigenvalue weighted by Gasteiger charge is 2.35. The molecule has 0 bridgehead atoms. The topological polar surface area (TPSA) is 107 Å². The highest BCUT2D eigenvalue weighted by atomic mass is 32.2. The summed E-state index contributed by atoms with van der Waals surface area (Å²) < 4.78 is 41.2. The molecule has 1 unspecified atom stereocenters. The molecule has 0 aromatic heterocycles. The molecule has 7 nitrogen and oxygen atoms in total. The molecule has 0 aliphatic heterocycles. The second-order valence-corrected chi connectivity index (χ2v) is 8.31. The Morgan fingerprint density at radius 1 is 0.815 bits per heavy atom. The number of ether oxygens (including phenoxy) is 2. The van der Waals surface area contributed by atoms with Crippen LogP contribution in [0.15, 0.2) is 0 Å². The molecule has 0 aromatic rings. The van der Waals surface area contributed by atoms with E-state index in [1.807, 2.05) is 0 Å². The maximum Gasteiger partial charge on any atom is 0.327 e. The first-order chi connectivity index (χ1) is 12.8. The fourth-order valence-corrected chi connectivity index (χ4v) is 3.37. The van der Waals surface area contributed by atoms with Crippen molar-refractivity contribution in [2.24, 2.45) is 0 Å². The van der Waals surface area contributed by atoms with Gasteiger partial charge in [-0.05, 0) is 13.3 Å². The van der Waals surface area contributed by atoms with Crippen LogP contribution < -0.4 is 0 Å². The van der Waals surface area contributed by atoms with Crippen LogP contribution >= 0.6 is 0 Å². The van der Waals surface area contributed by atoms with Crippen LogP contribution in [0.3, 0.4) is 0 Å². The third-order valence-electron chi connectivity index (χ3n) is 4.27. The number of esters is 2. The van der Waals surface area contributed by atoms with Crippen LogP contribution in [0.5, 0.6) is 0 Å². The molecule has 8 heteroatoms. The first kappa shape index (κ1) is 25.9. The first-order valence-electron chi connectivity index (χ1n) is 10.1. The highest BCUT2D eigenvalue weighted by Crippen LogP contribution is 2.12. The summed E-state index contributed by atoms with van der Waals surface area (Å²) in [7, 11) is -4.72. The van der Waals surface area contributed by atoms with Crippen molar-refractivity contribution in [1.29, 1.82) is 0 Å². The molecular formula is C19H36O7S. The quantitative estimate of drug-likeness (QED) is 0.220. The number of carbonyl (C=O) groups is 2. The summed E-state index contributed by atoms with van der Waals surface area (Å²) in [5.74, 6) is -1.98. The molecule has 160 valence electrons. The van der Waals surface area contributed by atoms with Gasteiger partial charge in [-0.15, -0.1) is 0 Å². The van der Waals surface area contributed by atoms with Crippen molar-refractivity contribution in [3.8, 4) is 0 Å². The summed E-state index contributed by atoms with van der Waals surface area (Å²) in [6.07, 6.45) is 11.9. The minimum atomic E-state index is -4.72. The van der Waals surface area contributed by atoms with E-state index in [-0.39, 0.29) is 13.2 Å². The summed E-state index contributed by atoms with van der Waals surface area (Å²) in [4.78, 5) is 23.2. The van der Waals surface area contributed by atoms with Gasteiger partial charge < -0.3 is 9.47 Å². The zero-order chi connectivity index (χ0) is 20.5. The van der Waals surface area contributed by atoms with E-state index in [9.17, 15) is 18.0 Å². The van der Waals surface area contributed by atoms with E-state index in [0.29, 0.717) is 6.42 Å². The molecule has 0 aromatic carbocycles. The Morgan fingerprint density at radius 2 is 1.30 bits per heavy atom. The third-order valence-corrected chi connectivity index (χ3v) is 5.35. The van der Waals surface area contributed by atoms with Crippen LogP contribution in [0.25, 0.3) is 0 Å². The van der Waals surface area contributed by atoms with Crippen LogP contribution in [0.1, 0.15) is 90.9 Å². The maximum atomic E-state index is 11.8. The van der Waals surface area contributed by atoms with Crippen LogP contribution in [-0.2, 0) is 29.2 Å². The Morgan fingerprint density at radius 3 is 1.74 bits per heavy atom. The Kier molecular flexibility index (Phi) is 15.2. The van der Waals surface area contributed by atoms with Gasteiger partial charge in [-0.3, -0.25) is 14.1 Å². The standard InChI is InChI=1S/C19H36O7S/c1-3-5-6-7-8-9-10-11-12-13-14-15-26-19(21)17(27(22,23)24)16-18(20)25-4-2/h17H,3-16H2,1-2H3,(H,22,23,24). The number of rotatable bonds is 17. The van der Waals surface area contributed by atoms with Gasteiger partial charge >= 0.3 is 11.9 Å². The van der Waals surface area contributed by atoms with Crippen molar-refractivity contribution >= 4 is 22.1 Å². The predicted molar refractivity (Wildman–Crippen MR) is 104 cm³/mol. The highest BCUT2D eigenvalue weighted by molar-refractivity contribution is 7.87. The molecule has 0 amide bonds. The second-order valence-electron chi connectivity index (χ2n) is 6.72. The summed E-state index contributed by atoms with van der Waals surface area (Å²) >= 11 is 0. The van der Waals surface area contributed by atoms with E-state index in [0.717, 1.165) is 19.3 Å². The lowest BCUT2D eigenvalue weighted by Gasteiger charge is -2.12. The number of hydrogen-bond donors (Lipinski definition) is 1. The van der Waals surface area contributed by atoms with Crippen molar-refractivity contribution in [2.75, 3.05) is 13.2 Å². The smallest absolute Gasteiger partial charge is 0.327 e. The maximum absolute atomic E-state index is 11.8. The Balaban J connectivity index is 3.85. The molecule has 0 heterocycles. The lowest BCUT2D eigenvalue weighted by atomic mass is 10.1. The lowest BCUT2D eigenvalue weighted by Crippen LogP contribution is -2.34. The van der Waals surface area contributed by atoms with E-state index < -0.39 is 33.7 Å². The number of hydrogen-bond acceptors (Lipinski definition) is 6. The van der Waals surface area contributed by atoms with Crippen molar-refractivity contribution in [1.82, 2.24) is 0 Å². The monoisotopic (exact) mass is 408 g/mol. The fraction of sp³-hybridized carbons (Fsp3) is 0.895. The molecule has 0 rings (SSSR count). The molecular weight excluding hydrogens is 372 g/mol. The molecule has 0 aliphatic carbocycles. The third kappa shape index (κ3) is 14.6. The summed E-state index contributed by atoms with van der Waals surface area (Å²) in [6, 6.07) is 0. The molecule has 0 saturated heterocycles. The van der Waals surface area contributed by atoms with Gasteiger partial charge in [0.05, 0.1) is 19.6 Å². The minimum absolute atomic E-state index is 0.0603. The molecule has 0 spiro atoms. The van der Waals surface area contributed by atoms with Crippen LogP contribution in [0.2, 0.25) is 0 Å². The molecule has 0 saturated carbocycles. The number of unbranched alkanes of at least 4 members (excludes halogenated alkanes) is 10. The van der Waals surface area contributed by atoms with Gasteiger partial charge in [-0.1, -0.05) is 71.1 Å². The second kappa shape index (κ2) is 15.9. The number of carbonyl (C=O) groups excluding carboxylic acids is 2.